The summed E-state index contributed by atoms with van der Waals surface area (Å²) in [4.78, 5) is 26.6. The molecule has 1 atom stereocenters. The molecule has 1 aliphatic carbocycles. The Hall–Kier alpha value is -3.22. The van der Waals surface area contributed by atoms with Crippen molar-refractivity contribution in [3.05, 3.63) is 52.1 Å². The lowest BCUT2D eigenvalue weighted by atomic mass is 10.1. The molecule has 14 heteroatoms. The third kappa shape index (κ3) is 5.86. The zero-order valence-corrected chi connectivity index (χ0v) is 19.8. The van der Waals surface area contributed by atoms with Crippen molar-refractivity contribution in [3.8, 4) is 0 Å². The molecule has 37 heavy (non-hydrogen) atoms. The topological polar surface area (TPSA) is 87.5 Å². The Labute approximate surface area is 211 Å². The molecule has 7 nitrogen and oxygen atoms in total. The molecule has 0 bridgehead atoms. The van der Waals surface area contributed by atoms with E-state index in [2.05, 4.69) is 10.4 Å². The van der Waals surface area contributed by atoms with E-state index in [-0.39, 0.29) is 17.9 Å². The molecule has 1 fully saturated rings. The average Bonchev–Trinajstić information content (AvgIpc) is 3.58. The predicted molar refractivity (Wildman–Crippen MR) is 122 cm³/mol. The molecule has 0 spiro atoms. The molecule has 2 aromatic rings. The standard InChI is InChI=1S/C23H21ClF6N4O3/c24-18-19(11-3-4-11)34(32-20(18)23(28,29)30)16(9-17(26)27)21(35)31-15-6-5-13(8-14(15)22(36)37)33-7-1-2-12(25)10-33/h2,5-6,8,11,16-17H,1,3-4,7,9-10H2,(H,31,35)(H,36,37)/t16-/m0/s1. The van der Waals surface area contributed by atoms with E-state index in [0.717, 1.165) is 0 Å². The number of carboxylic acid groups (broad SMARTS) is 1. The largest absolute Gasteiger partial charge is 0.478 e. The number of aromatic nitrogens is 2. The lowest BCUT2D eigenvalue weighted by molar-refractivity contribution is -0.141. The van der Waals surface area contributed by atoms with Crippen molar-refractivity contribution in [3.63, 3.8) is 0 Å². The number of hydrogen-bond acceptors (Lipinski definition) is 4. The molecule has 1 aliphatic heterocycles. The maximum Gasteiger partial charge on any atom is 0.436 e. The lowest BCUT2D eigenvalue weighted by Crippen LogP contribution is -2.31. The zero-order valence-electron chi connectivity index (χ0n) is 19.0. The van der Waals surface area contributed by atoms with Crippen LogP contribution in [0.2, 0.25) is 5.02 Å². The lowest BCUT2D eigenvalue weighted by Gasteiger charge is -2.27. The van der Waals surface area contributed by atoms with Gasteiger partial charge in [0.15, 0.2) is 5.69 Å². The molecule has 0 unspecified atom stereocenters. The smallest absolute Gasteiger partial charge is 0.436 e. The number of aromatic carboxylic acids is 1. The van der Waals surface area contributed by atoms with Crippen LogP contribution in [0.25, 0.3) is 0 Å². The molecule has 2 heterocycles. The van der Waals surface area contributed by atoms with Crippen molar-refractivity contribution < 1.29 is 41.0 Å². The fourth-order valence-electron chi connectivity index (χ4n) is 4.21. The third-order valence-electron chi connectivity index (χ3n) is 6.08. The van der Waals surface area contributed by atoms with Crippen LogP contribution in [0.15, 0.2) is 30.1 Å². The number of nitrogens with zero attached hydrogens (tertiary/aromatic N) is 3. The molecular weight excluding hydrogens is 530 g/mol. The zero-order chi connectivity index (χ0) is 27.1. The van der Waals surface area contributed by atoms with Gasteiger partial charge in [-0.05, 0) is 43.5 Å². The highest BCUT2D eigenvalue weighted by molar-refractivity contribution is 6.32. The van der Waals surface area contributed by atoms with Crippen molar-refractivity contribution in [2.45, 2.75) is 50.2 Å². The van der Waals surface area contributed by atoms with E-state index >= 15 is 0 Å². The molecule has 1 aromatic heterocycles. The number of carbonyl (C=O) groups is 2. The van der Waals surface area contributed by atoms with Crippen LogP contribution in [0.4, 0.5) is 37.7 Å². The molecule has 1 aromatic carbocycles. The summed E-state index contributed by atoms with van der Waals surface area (Å²) in [7, 11) is 0. The van der Waals surface area contributed by atoms with Crippen LogP contribution in [0.5, 0.6) is 0 Å². The highest BCUT2D eigenvalue weighted by atomic mass is 35.5. The molecule has 200 valence electrons. The number of halogens is 7. The van der Waals surface area contributed by atoms with Crippen LogP contribution >= 0.6 is 11.6 Å². The van der Waals surface area contributed by atoms with Crippen LogP contribution in [0.3, 0.4) is 0 Å². The number of anilines is 2. The van der Waals surface area contributed by atoms with Crippen LogP contribution in [0, 0.1) is 0 Å². The van der Waals surface area contributed by atoms with Gasteiger partial charge in [0.05, 0.1) is 28.5 Å². The number of nitrogens with one attached hydrogen (secondary N) is 1. The van der Waals surface area contributed by atoms with E-state index in [1.54, 1.807) is 4.90 Å². The van der Waals surface area contributed by atoms with Crippen LogP contribution in [0.1, 0.15) is 59.4 Å². The van der Waals surface area contributed by atoms with Crippen molar-refractivity contribution in [1.29, 1.82) is 0 Å². The molecule has 2 N–H and O–H groups in total. The third-order valence-corrected chi connectivity index (χ3v) is 6.46. The Kier molecular flexibility index (Phi) is 7.45. The molecule has 2 aliphatic rings. The monoisotopic (exact) mass is 550 g/mol. The highest BCUT2D eigenvalue weighted by Crippen LogP contribution is 2.48. The Morgan fingerprint density at radius 1 is 1.24 bits per heavy atom. The van der Waals surface area contributed by atoms with E-state index in [4.69, 9.17) is 11.6 Å². The number of rotatable bonds is 8. The number of alkyl halides is 5. The minimum Gasteiger partial charge on any atom is -0.478 e. The number of carboxylic acids is 1. The second-order valence-electron chi connectivity index (χ2n) is 8.79. The van der Waals surface area contributed by atoms with Crippen molar-refractivity contribution >= 4 is 34.9 Å². The second-order valence-corrected chi connectivity index (χ2v) is 9.17. The average molecular weight is 551 g/mol. The minimum atomic E-state index is -4.98. The second kappa shape index (κ2) is 10.3. The Morgan fingerprint density at radius 2 is 1.95 bits per heavy atom. The first kappa shape index (κ1) is 26.8. The summed E-state index contributed by atoms with van der Waals surface area (Å²) in [6.45, 7) is 0.340. The van der Waals surface area contributed by atoms with Gasteiger partial charge in [-0.3, -0.25) is 9.48 Å². The highest BCUT2D eigenvalue weighted by Gasteiger charge is 2.44. The van der Waals surface area contributed by atoms with Gasteiger partial charge < -0.3 is 15.3 Å². The van der Waals surface area contributed by atoms with Crippen molar-refractivity contribution in [2.75, 3.05) is 23.3 Å². The summed E-state index contributed by atoms with van der Waals surface area (Å²) in [5.41, 5.74) is -1.97. The number of carbonyl (C=O) groups excluding carboxylic acids is 1. The van der Waals surface area contributed by atoms with Crippen molar-refractivity contribution in [2.24, 2.45) is 0 Å². The summed E-state index contributed by atoms with van der Waals surface area (Å²) >= 11 is 5.93. The number of amides is 1. The first-order valence-electron chi connectivity index (χ1n) is 11.3. The predicted octanol–water partition coefficient (Wildman–Crippen LogP) is 6.03. The SMILES string of the molecule is O=C(O)c1cc(N2CCC=C(F)C2)ccc1NC(=O)[C@H](CC(F)F)n1nc(C(F)(F)F)c(Cl)c1C1CC1. The summed E-state index contributed by atoms with van der Waals surface area (Å²) in [5, 5.41) is 14.6. The van der Waals surface area contributed by atoms with Gasteiger partial charge in [-0.2, -0.15) is 18.3 Å². The van der Waals surface area contributed by atoms with Gasteiger partial charge in [-0.1, -0.05) is 11.6 Å². The Bertz CT molecular complexity index is 1240. The maximum absolute atomic E-state index is 13.7. The van der Waals surface area contributed by atoms with Crippen LogP contribution in [-0.2, 0) is 11.0 Å². The number of hydrogen-bond donors (Lipinski definition) is 2. The Balaban J connectivity index is 1.68. The van der Waals surface area contributed by atoms with E-state index in [9.17, 15) is 41.0 Å². The van der Waals surface area contributed by atoms with Gasteiger partial charge >= 0.3 is 12.1 Å². The van der Waals surface area contributed by atoms with Gasteiger partial charge in [-0.25, -0.2) is 18.0 Å². The maximum atomic E-state index is 13.7. The molecular formula is C23H21ClF6N4O3. The van der Waals surface area contributed by atoms with E-state index < -0.39 is 65.0 Å². The quantitative estimate of drug-likeness (QED) is 0.392. The van der Waals surface area contributed by atoms with E-state index in [1.807, 2.05) is 0 Å². The van der Waals surface area contributed by atoms with Gasteiger partial charge in [0.1, 0.15) is 11.9 Å². The first-order chi connectivity index (χ1) is 17.4. The molecule has 4 rings (SSSR count). The molecule has 1 saturated carbocycles. The first-order valence-corrected chi connectivity index (χ1v) is 11.7. The fourth-order valence-corrected chi connectivity index (χ4v) is 4.60. The fraction of sp³-hybridized carbons (Fsp3) is 0.435. The van der Waals surface area contributed by atoms with E-state index in [0.29, 0.717) is 36.2 Å². The Morgan fingerprint density at radius 3 is 2.51 bits per heavy atom. The summed E-state index contributed by atoms with van der Waals surface area (Å²) in [5.74, 6) is -3.51. The van der Waals surface area contributed by atoms with Gasteiger partial charge in [0, 0.05) is 24.6 Å². The van der Waals surface area contributed by atoms with Gasteiger partial charge in [0.25, 0.3) is 0 Å². The summed E-state index contributed by atoms with van der Waals surface area (Å²) in [6, 6.07) is 1.93. The van der Waals surface area contributed by atoms with Crippen molar-refractivity contribution in [1.82, 2.24) is 9.78 Å². The van der Waals surface area contributed by atoms with Gasteiger partial charge in [-0.15, -0.1) is 0 Å². The van der Waals surface area contributed by atoms with Crippen LogP contribution in [-0.4, -0.2) is 46.3 Å². The molecule has 0 saturated heterocycles. The molecule has 1 amide bonds. The van der Waals surface area contributed by atoms with Crippen LogP contribution < -0.4 is 10.2 Å². The molecule has 0 radical (unpaired) electrons. The summed E-state index contributed by atoms with van der Waals surface area (Å²) < 4.78 is 81.5. The van der Waals surface area contributed by atoms with Gasteiger partial charge in [0.2, 0.25) is 12.3 Å². The van der Waals surface area contributed by atoms with E-state index in [1.165, 1.54) is 24.3 Å². The number of benzene rings is 1. The normalized spacial score (nSPS) is 17.1. The minimum absolute atomic E-state index is 0.0766. The summed E-state index contributed by atoms with van der Waals surface area (Å²) in [6.07, 6.45) is -6.55.